The second-order valence-corrected chi connectivity index (χ2v) is 13.4. The zero-order valence-corrected chi connectivity index (χ0v) is 26.9. The Bertz CT molecular complexity index is 1570. The molecule has 4 aliphatic rings. The van der Waals surface area contributed by atoms with E-state index >= 15 is 0 Å². The number of carbonyl (C=O) groups excluding carboxylic acids is 2. The molecule has 44 heavy (non-hydrogen) atoms. The topological polar surface area (TPSA) is 68.3 Å². The molecule has 2 aromatic carbocycles. The van der Waals surface area contributed by atoms with Gasteiger partial charge in [-0.2, -0.15) is 0 Å². The number of hydrogen-bond donors (Lipinski definition) is 0. The van der Waals surface area contributed by atoms with E-state index in [2.05, 4.69) is 51.0 Å². The van der Waals surface area contributed by atoms with E-state index in [0.29, 0.717) is 24.0 Å². The van der Waals surface area contributed by atoms with Crippen molar-refractivity contribution in [3.05, 3.63) is 64.7 Å². The Kier molecular flexibility index (Phi) is 8.00. The molecular formula is C37H44N2O5. The maximum absolute atomic E-state index is 14.0. The van der Waals surface area contributed by atoms with Gasteiger partial charge in [-0.15, -0.1) is 6.58 Å². The third-order valence-corrected chi connectivity index (χ3v) is 10.4. The van der Waals surface area contributed by atoms with E-state index < -0.39 is 0 Å². The molecule has 1 spiro atoms. The van der Waals surface area contributed by atoms with Gasteiger partial charge in [0.25, 0.3) is 5.91 Å². The van der Waals surface area contributed by atoms with Crippen molar-refractivity contribution in [2.24, 2.45) is 11.8 Å². The van der Waals surface area contributed by atoms with Crippen LogP contribution in [0.1, 0.15) is 67.9 Å². The summed E-state index contributed by atoms with van der Waals surface area (Å²) >= 11 is 0. The number of benzene rings is 2. The fourth-order valence-electron chi connectivity index (χ4n) is 8.52. The van der Waals surface area contributed by atoms with Crippen molar-refractivity contribution in [3.63, 3.8) is 0 Å². The van der Waals surface area contributed by atoms with Crippen LogP contribution in [0.25, 0.3) is 0 Å². The average Bonchev–Trinajstić information content (AvgIpc) is 3.32. The van der Waals surface area contributed by atoms with Gasteiger partial charge in [-0.3, -0.25) is 14.5 Å². The van der Waals surface area contributed by atoms with Gasteiger partial charge in [-0.25, -0.2) is 0 Å². The molecule has 2 fully saturated rings. The Morgan fingerprint density at radius 1 is 1.20 bits per heavy atom. The second-order valence-electron chi connectivity index (χ2n) is 13.4. The predicted octanol–water partition coefficient (Wildman–Crippen LogP) is 5.37. The lowest BCUT2D eigenvalue weighted by Gasteiger charge is -2.60. The number of hydrogen-bond acceptors (Lipinski definition) is 6. The molecule has 2 heterocycles. The summed E-state index contributed by atoms with van der Waals surface area (Å²) in [6.45, 7) is 16.2. The summed E-state index contributed by atoms with van der Waals surface area (Å²) in [7, 11) is 1.63. The first kappa shape index (κ1) is 30.3. The smallest absolute Gasteiger partial charge is 0.308 e. The number of esters is 1. The Balaban J connectivity index is 1.45. The van der Waals surface area contributed by atoms with E-state index in [9.17, 15) is 9.59 Å². The van der Waals surface area contributed by atoms with E-state index in [1.807, 2.05) is 29.2 Å². The van der Waals surface area contributed by atoms with Crippen molar-refractivity contribution < 1.29 is 23.8 Å². The molecule has 2 bridgehead atoms. The summed E-state index contributed by atoms with van der Waals surface area (Å²) in [5.41, 5.74) is 5.04. The summed E-state index contributed by atoms with van der Waals surface area (Å²) in [5, 5.41) is 0. The molecule has 6 rings (SSSR count). The molecule has 2 aromatic rings. The van der Waals surface area contributed by atoms with E-state index in [-0.39, 0.29) is 41.4 Å². The van der Waals surface area contributed by atoms with Crippen molar-refractivity contribution >= 4 is 11.9 Å². The van der Waals surface area contributed by atoms with Crippen LogP contribution in [0.15, 0.2) is 36.9 Å². The Morgan fingerprint density at radius 3 is 2.68 bits per heavy atom. The third-order valence-electron chi connectivity index (χ3n) is 10.4. The lowest BCUT2D eigenvalue weighted by Crippen LogP contribution is -2.69. The van der Waals surface area contributed by atoms with Crippen LogP contribution in [0, 0.1) is 37.5 Å². The molecule has 2 aliphatic heterocycles. The molecule has 7 nitrogen and oxygen atoms in total. The highest BCUT2D eigenvalue weighted by atomic mass is 16.5. The molecule has 5 atom stereocenters. The summed E-state index contributed by atoms with van der Waals surface area (Å²) in [6, 6.07) is 7.97. The van der Waals surface area contributed by atoms with Crippen molar-refractivity contribution in [1.29, 1.82) is 0 Å². The summed E-state index contributed by atoms with van der Waals surface area (Å²) in [4.78, 5) is 30.8. The van der Waals surface area contributed by atoms with Gasteiger partial charge in [-0.1, -0.05) is 31.9 Å². The van der Waals surface area contributed by atoms with Crippen molar-refractivity contribution in [2.75, 3.05) is 26.7 Å². The first-order valence-corrected chi connectivity index (χ1v) is 15.9. The van der Waals surface area contributed by atoms with Crippen LogP contribution in [0.2, 0.25) is 0 Å². The fourth-order valence-corrected chi connectivity index (χ4v) is 8.52. The SMILES string of the molecule is C=CCN1CC[C@]23c4c5c(OC(C)=O)cc(OC)c4O[C@H]2[C@@H](N(CC(C)C)C(=O)C#Cc2ccc(C)c(C)c2)CC[C@H]3[C@H]1C5. The van der Waals surface area contributed by atoms with Crippen LogP contribution < -0.4 is 14.2 Å². The summed E-state index contributed by atoms with van der Waals surface area (Å²) in [5.74, 6) is 8.09. The minimum absolute atomic E-state index is 0.151. The summed E-state index contributed by atoms with van der Waals surface area (Å²) in [6.07, 6.45) is 5.18. The monoisotopic (exact) mass is 596 g/mol. The molecule has 232 valence electrons. The predicted molar refractivity (Wildman–Crippen MR) is 170 cm³/mol. The number of ether oxygens (including phenoxy) is 3. The molecule has 0 N–H and O–H groups in total. The van der Waals surface area contributed by atoms with Gasteiger partial charge in [0.15, 0.2) is 11.5 Å². The average molecular weight is 597 g/mol. The molecule has 0 radical (unpaired) electrons. The van der Waals surface area contributed by atoms with Crippen molar-refractivity contribution in [1.82, 2.24) is 9.80 Å². The number of rotatable bonds is 7. The molecule has 0 unspecified atom stereocenters. The molecule has 0 aromatic heterocycles. The standard InChI is InChI=1S/C37H44N2O5/c1-8-16-38-17-15-37-28-12-13-29(39(21-22(2)3)33(41)14-11-26-10-9-23(4)24(5)18-26)36(37)44-35-32(42-7)20-31(43-25(6)40)27(34(35)37)19-30(28)38/h8-10,18,20,22,28-30,36H,1,12-13,15-17,19,21H2,2-7H3/t28-,29-,30+,36-,37-/m0/s1. The maximum atomic E-state index is 14.0. The van der Waals surface area contributed by atoms with Crippen LogP contribution in [-0.2, 0) is 21.4 Å². The number of nitrogens with zero attached hydrogens (tertiary/aromatic N) is 2. The largest absolute Gasteiger partial charge is 0.493 e. The first-order valence-electron chi connectivity index (χ1n) is 15.9. The quantitative estimate of drug-likeness (QED) is 0.185. The number of carbonyl (C=O) groups is 2. The fraction of sp³-hybridized carbons (Fsp3) is 0.514. The molecule has 7 heteroatoms. The van der Waals surface area contributed by atoms with E-state index in [1.54, 1.807) is 13.2 Å². The number of amides is 1. The van der Waals surface area contributed by atoms with Gasteiger partial charge < -0.3 is 19.1 Å². The number of methoxy groups -OCH3 is 1. The van der Waals surface area contributed by atoms with Crippen LogP contribution >= 0.6 is 0 Å². The van der Waals surface area contributed by atoms with Crippen molar-refractivity contribution in [3.8, 4) is 29.1 Å². The van der Waals surface area contributed by atoms with Crippen molar-refractivity contribution in [2.45, 2.75) is 83.9 Å². The number of piperidine rings is 1. The first-order chi connectivity index (χ1) is 21.1. The minimum atomic E-state index is -0.357. The van der Waals surface area contributed by atoms with E-state index in [4.69, 9.17) is 14.2 Å². The zero-order valence-electron chi connectivity index (χ0n) is 26.9. The highest BCUT2D eigenvalue weighted by Gasteiger charge is 2.67. The molecular weight excluding hydrogens is 552 g/mol. The molecule has 1 saturated heterocycles. The van der Waals surface area contributed by atoms with Crippen LogP contribution in [0.4, 0.5) is 0 Å². The minimum Gasteiger partial charge on any atom is -0.493 e. The number of likely N-dealkylation sites (tertiary alicyclic amines) is 1. The highest BCUT2D eigenvalue weighted by molar-refractivity contribution is 5.94. The molecule has 1 amide bonds. The van der Waals surface area contributed by atoms with Gasteiger partial charge in [0.1, 0.15) is 11.9 Å². The van der Waals surface area contributed by atoms with Crippen LogP contribution in [-0.4, -0.2) is 66.6 Å². The summed E-state index contributed by atoms with van der Waals surface area (Å²) < 4.78 is 18.7. The van der Waals surface area contributed by atoms with Gasteiger partial charge in [0.2, 0.25) is 0 Å². The van der Waals surface area contributed by atoms with Crippen LogP contribution in [0.3, 0.4) is 0 Å². The Labute approximate surface area is 261 Å². The van der Waals surface area contributed by atoms with E-state index in [1.165, 1.54) is 12.5 Å². The van der Waals surface area contributed by atoms with Gasteiger partial charge in [0, 0.05) is 60.1 Å². The zero-order chi connectivity index (χ0) is 31.3. The van der Waals surface area contributed by atoms with Crippen LogP contribution in [0.5, 0.6) is 17.2 Å². The Morgan fingerprint density at radius 2 is 2.00 bits per heavy atom. The molecule has 2 aliphatic carbocycles. The normalized spacial score (nSPS) is 26.2. The number of aryl methyl sites for hydroxylation is 2. The third kappa shape index (κ3) is 4.88. The highest BCUT2D eigenvalue weighted by Crippen LogP contribution is 2.65. The lowest BCUT2D eigenvalue weighted by atomic mass is 9.50. The van der Waals surface area contributed by atoms with E-state index in [0.717, 1.165) is 66.8 Å². The van der Waals surface area contributed by atoms with Gasteiger partial charge in [-0.05, 0) is 81.2 Å². The second kappa shape index (κ2) is 11.6. The lowest BCUT2D eigenvalue weighted by molar-refractivity contribution is -0.137. The molecule has 1 saturated carbocycles. The maximum Gasteiger partial charge on any atom is 0.308 e. The van der Waals surface area contributed by atoms with Gasteiger partial charge >= 0.3 is 5.97 Å². The Hall–Kier alpha value is -3.76. The van der Waals surface area contributed by atoms with Gasteiger partial charge in [0.05, 0.1) is 13.2 Å².